The van der Waals surface area contributed by atoms with Crippen molar-refractivity contribution >= 4 is 44.9 Å². The zero-order chi connectivity index (χ0) is 18.9. The van der Waals surface area contributed by atoms with Gasteiger partial charge in [-0.15, -0.1) is 11.8 Å². The van der Waals surface area contributed by atoms with E-state index in [4.69, 9.17) is 0 Å². The van der Waals surface area contributed by atoms with E-state index < -0.39 is 0 Å². The molecule has 0 radical (unpaired) electrons. The first-order valence-corrected chi connectivity index (χ1v) is 9.75. The number of anilines is 2. The number of fused-ring (bicyclic) bond motifs is 2. The van der Waals surface area contributed by atoms with E-state index in [-0.39, 0.29) is 11.4 Å². The number of aliphatic hydroxyl groups excluding tert-OH is 1. The van der Waals surface area contributed by atoms with E-state index in [1.54, 1.807) is 11.8 Å². The largest absolute Gasteiger partial charge is 0.396 e. The first-order valence-electron chi connectivity index (χ1n) is 8.93. The van der Waals surface area contributed by atoms with Gasteiger partial charge in [-0.05, 0) is 36.8 Å². The van der Waals surface area contributed by atoms with Gasteiger partial charge in [0.05, 0.1) is 17.2 Å². The molecule has 0 unspecified atom stereocenters. The van der Waals surface area contributed by atoms with E-state index in [0.29, 0.717) is 0 Å². The van der Waals surface area contributed by atoms with E-state index in [0.717, 1.165) is 44.5 Å². The fraction of sp³-hybridized carbons (Fsp3) is 0.238. The van der Waals surface area contributed by atoms with E-state index in [1.165, 1.54) is 0 Å². The lowest BCUT2D eigenvalue weighted by Crippen LogP contribution is -2.16. The first kappa shape index (κ1) is 17.8. The maximum atomic E-state index is 9.32. The lowest BCUT2D eigenvalue weighted by molar-refractivity contribution is 0.275. The van der Waals surface area contributed by atoms with Crippen LogP contribution in [0.4, 0.5) is 11.4 Å². The molecule has 0 atom stereocenters. The average molecular weight is 379 g/mol. The maximum absolute atomic E-state index is 9.32. The highest BCUT2D eigenvalue weighted by molar-refractivity contribution is 8.00. The quantitative estimate of drug-likeness (QED) is 0.407. The third-order valence-electron chi connectivity index (χ3n) is 4.56. The normalized spacial score (nSPS) is 12.0. The average Bonchev–Trinajstić information content (AvgIpc) is 3.10. The van der Waals surface area contributed by atoms with Crippen molar-refractivity contribution in [3.8, 4) is 0 Å². The zero-order valence-electron chi connectivity index (χ0n) is 15.4. The van der Waals surface area contributed by atoms with Crippen LogP contribution in [0.25, 0.3) is 21.8 Å². The second-order valence-electron chi connectivity index (χ2n) is 7.14. The van der Waals surface area contributed by atoms with Crippen molar-refractivity contribution < 1.29 is 5.11 Å². The molecule has 4 aromatic rings. The number of aromatic amines is 1. The van der Waals surface area contributed by atoms with Gasteiger partial charge in [-0.2, -0.15) is 5.10 Å². The summed E-state index contributed by atoms with van der Waals surface area (Å²) in [4.78, 5) is 5.75. The van der Waals surface area contributed by atoms with Gasteiger partial charge < -0.3 is 10.4 Å². The molecule has 2 heterocycles. The molecule has 0 spiro atoms. The fourth-order valence-corrected chi connectivity index (χ4v) is 4.32. The summed E-state index contributed by atoms with van der Waals surface area (Å²) in [7, 11) is 0. The lowest BCUT2D eigenvalue weighted by Gasteiger charge is -2.23. The summed E-state index contributed by atoms with van der Waals surface area (Å²) < 4.78 is -0.0558. The van der Waals surface area contributed by atoms with Gasteiger partial charge in [0.15, 0.2) is 0 Å². The smallest absolute Gasteiger partial charge is 0.0858 e. The van der Waals surface area contributed by atoms with Crippen LogP contribution in [0.2, 0.25) is 0 Å². The fourth-order valence-electron chi connectivity index (χ4n) is 3.13. The minimum Gasteiger partial charge on any atom is -0.396 e. The number of H-pyrrole nitrogens is 1. The van der Waals surface area contributed by atoms with Gasteiger partial charge in [0.1, 0.15) is 0 Å². The van der Waals surface area contributed by atoms with E-state index in [1.807, 2.05) is 30.6 Å². The second-order valence-corrected chi connectivity index (χ2v) is 8.89. The van der Waals surface area contributed by atoms with Crippen LogP contribution in [0.5, 0.6) is 0 Å². The molecule has 2 aromatic carbocycles. The molecule has 0 bridgehead atoms. The number of nitrogens with one attached hydrogen (secondary N) is 2. The summed E-state index contributed by atoms with van der Waals surface area (Å²) in [6, 6.07) is 14.4. The number of para-hydroxylation sites is 1. The molecule has 138 valence electrons. The summed E-state index contributed by atoms with van der Waals surface area (Å²) in [6.45, 7) is 4.48. The Kier molecular flexibility index (Phi) is 4.76. The Morgan fingerprint density at radius 1 is 1.19 bits per heavy atom. The molecule has 6 heteroatoms. The Morgan fingerprint density at radius 2 is 2.07 bits per heavy atom. The summed E-state index contributed by atoms with van der Waals surface area (Å²) in [5, 5.41) is 22.1. The molecule has 0 fully saturated rings. The van der Waals surface area contributed by atoms with Gasteiger partial charge in [-0.1, -0.05) is 26.0 Å². The topological polar surface area (TPSA) is 73.8 Å². The molecule has 0 aliphatic rings. The number of aromatic nitrogens is 3. The number of hydrogen-bond acceptors (Lipinski definition) is 5. The van der Waals surface area contributed by atoms with Crippen molar-refractivity contribution in [2.45, 2.75) is 29.9 Å². The first-order chi connectivity index (χ1) is 13.1. The number of rotatable bonds is 6. The van der Waals surface area contributed by atoms with Gasteiger partial charge in [0.25, 0.3) is 0 Å². The molecule has 0 amide bonds. The highest BCUT2D eigenvalue weighted by atomic mass is 32.2. The van der Waals surface area contributed by atoms with E-state index >= 15 is 0 Å². The van der Waals surface area contributed by atoms with Crippen LogP contribution < -0.4 is 5.32 Å². The number of hydrogen-bond donors (Lipinski definition) is 3. The minimum absolute atomic E-state index is 0.0558. The Hall–Kier alpha value is -2.57. The van der Waals surface area contributed by atoms with Crippen molar-refractivity contribution in [2.75, 3.05) is 11.9 Å². The highest BCUT2D eigenvalue weighted by Crippen LogP contribution is 2.39. The van der Waals surface area contributed by atoms with Gasteiger partial charge >= 0.3 is 0 Å². The van der Waals surface area contributed by atoms with Crippen molar-refractivity contribution in [2.24, 2.45) is 0 Å². The van der Waals surface area contributed by atoms with Crippen LogP contribution >= 0.6 is 11.8 Å². The standard InChI is InChI=1S/C21H22N4OS/c1-21(2,9-11-26)27-19-5-3-4-16-17(8-10-22-20(16)19)24-15-7-6-14-13-23-25-18(14)12-15/h3-8,10,12-13,26H,9,11H2,1-2H3,(H,22,24)(H,23,25). The maximum Gasteiger partial charge on any atom is 0.0858 e. The number of benzene rings is 2. The predicted octanol–water partition coefficient (Wildman–Crippen LogP) is 5.11. The third kappa shape index (κ3) is 3.77. The highest BCUT2D eigenvalue weighted by Gasteiger charge is 2.20. The Morgan fingerprint density at radius 3 is 2.93 bits per heavy atom. The lowest BCUT2D eigenvalue weighted by atomic mass is 10.1. The summed E-state index contributed by atoms with van der Waals surface area (Å²) in [6.07, 6.45) is 4.39. The van der Waals surface area contributed by atoms with Crippen LogP contribution in [-0.2, 0) is 0 Å². The SMILES string of the molecule is CC(C)(CCO)Sc1cccc2c(Nc3ccc4cn[nH]c4c3)ccnc12. The molecule has 0 aliphatic heterocycles. The van der Waals surface area contributed by atoms with Crippen molar-refractivity contribution in [3.05, 3.63) is 54.9 Å². The van der Waals surface area contributed by atoms with Gasteiger partial charge in [-0.25, -0.2) is 0 Å². The monoisotopic (exact) mass is 378 g/mol. The van der Waals surface area contributed by atoms with Crippen LogP contribution in [0.1, 0.15) is 20.3 Å². The van der Waals surface area contributed by atoms with Gasteiger partial charge in [0, 0.05) is 44.6 Å². The number of aliphatic hydroxyl groups is 1. The molecule has 4 rings (SSSR count). The van der Waals surface area contributed by atoms with Gasteiger partial charge in [-0.3, -0.25) is 10.1 Å². The number of pyridine rings is 1. The molecule has 5 nitrogen and oxygen atoms in total. The summed E-state index contributed by atoms with van der Waals surface area (Å²) >= 11 is 1.75. The van der Waals surface area contributed by atoms with Crippen molar-refractivity contribution in [1.82, 2.24) is 15.2 Å². The predicted molar refractivity (Wildman–Crippen MR) is 113 cm³/mol. The minimum atomic E-state index is -0.0558. The Labute approximate surface area is 162 Å². The number of thioether (sulfide) groups is 1. The van der Waals surface area contributed by atoms with E-state index in [2.05, 4.69) is 58.6 Å². The zero-order valence-corrected chi connectivity index (χ0v) is 16.2. The van der Waals surface area contributed by atoms with Crippen molar-refractivity contribution in [3.63, 3.8) is 0 Å². The molecular weight excluding hydrogens is 356 g/mol. The van der Waals surface area contributed by atoms with Crippen LogP contribution in [0, 0.1) is 0 Å². The van der Waals surface area contributed by atoms with Crippen LogP contribution in [0.3, 0.4) is 0 Å². The number of nitrogens with zero attached hydrogens (tertiary/aromatic N) is 2. The molecule has 0 saturated heterocycles. The van der Waals surface area contributed by atoms with E-state index in [9.17, 15) is 5.11 Å². The molecule has 3 N–H and O–H groups in total. The third-order valence-corrected chi connectivity index (χ3v) is 5.86. The summed E-state index contributed by atoms with van der Waals surface area (Å²) in [5.74, 6) is 0. The Balaban J connectivity index is 1.70. The Bertz CT molecular complexity index is 1090. The molecular formula is C21H22N4OS. The van der Waals surface area contributed by atoms with Crippen LogP contribution in [-0.4, -0.2) is 31.6 Å². The van der Waals surface area contributed by atoms with Crippen molar-refractivity contribution in [1.29, 1.82) is 0 Å². The van der Waals surface area contributed by atoms with Crippen LogP contribution in [0.15, 0.2) is 59.8 Å². The summed E-state index contributed by atoms with van der Waals surface area (Å²) in [5.41, 5.74) is 3.99. The molecule has 2 aromatic heterocycles. The molecule has 0 saturated carbocycles. The van der Waals surface area contributed by atoms with Gasteiger partial charge in [0.2, 0.25) is 0 Å². The molecule has 0 aliphatic carbocycles. The second kappa shape index (κ2) is 7.21. The molecule has 27 heavy (non-hydrogen) atoms.